The van der Waals surface area contributed by atoms with Gasteiger partial charge in [-0.25, -0.2) is 9.59 Å². The minimum Gasteiger partial charge on any atom is -0.459 e. The summed E-state index contributed by atoms with van der Waals surface area (Å²) in [5, 5.41) is 3.95. The molecule has 1 aliphatic rings. The Hall–Kier alpha value is -3.56. The molecule has 0 saturated heterocycles. The summed E-state index contributed by atoms with van der Waals surface area (Å²) in [5.41, 5.74) is 11.2. The molecule has 0 aromatic heterocycles. The molecule has 1 fully saturated rings. The van der Waals surface area contributed by atoms with Crippen LogP contribution in [0.25, 0.3) is 0 Å². The molecule has 5 rings (SSSR count). The van der Waals surface area contributed by atoms with Crippen molar-refractivity contribution < 1.29 is 19.1 Å². The van der Waals surface area contributed by atoms with Crippen molar-refractivity contribution >= 4 is 62.4 Å². The summed E-state index contributed by atoms with van der Waals surface area (Å²) in [6.45, 7) is 3.93. The monoisotopic (exact) mass is 751 g/mol. The molecule has 10 heteroatoms. The number of carbonyl (C=O) groups excluding carboxylic acids is 2. The molecule has 0 spiro atoms. The van der Waals surface area contributed by atoms with Crippen LogP contribution >= 0.6 is 39.1 Å². The highest BCUT2D eigenvalue weighted by atomic mass is 79.9. The Morgan fingerprint density at radius 1 is 0.896 bits per heavy atom. The molecule has 4 aromatic rings. The maximum atomic E-state index is 13.3. The maximum Gasteiger partial charge on any atom is 0.338 e. The number of nitrogens with zero attached hydrogens (tertiary/aromatic N) is 1. The zero-order valence-corrected chi connectivity index (χ0v) is 30.0. The fourth-order valence-electron chi connectivity index (χ4n) is 5.99. The molecule has 7 nitrogen and oxygen atoms in total. The van der Waals surface area contributed by atoms with Crippen LogP contribution in [0.1, 0.15) is 77.7 Å². The van der Waals surface area contributed by atoms with E-state index in [0.29, 0.717) is 49.6 Å². The second-order valence-corrected chi connectivity index (χ2v) is 13.6. The number of halogens is 3. The van der Waals surface area contributed by atoms with Crippen molar-refractivity contribution in [2.24, 2.45) is 0 Å². The number of ether oxygens (including phenoxy) is 2. The van der Waals surface area contributed by atoms with Crippen LogP contribution < -0.4 is 11.1 Å². The van der Waals surface area contributed by atoms with Gasteiger partial charge in [0.2, 0.25) is 0 Å². The van der Waals surface area contributed by atoms with Crippen LogP contribution in [0.3, 0.4) is 0 Å². The minimum atomic E-state index is -0.825. The van der Waals surface area contributed by atoms with Gasteiger partial charge < -0.3 is 20.5 Å². The van der Waals surface area contributed by atoms with Crippen LogP contribution in [0, 0.1) is 0 Å². The molecule has 3 N–H and O–H groups in total. The van der Waals surface area contributed by atoms with Gasteiger partial charge in [-0.2, -0.15) is 0 Å². The molecule has 0 amide bonds. The number of hydrogen-bond acceptors (Lipinski definition) is 7. The van der Waals surface area contributed by atoms with Crippen LogP contribution in [-0.2, 0) is 34.0 Å². The standard InChI is InChI=1S/C38H40BrCl2N3O4/c1-2-44(30-12-7-4-8-13-30)22-29-20-28(21-31(39)34(29)42)37(45)47-23-25-16-18-26(19-17-25)24-48-38(46)35(27-10-5-3-6-11-27)43-36-32(40)14-9-15-33(36)41/h3,5-6,9-11,14-21,30,35,43H,2,4,7-8,12-13,22-24,42H2,1H3. The smallest absolute Gasteiger partial charge is 0.338 e. The number of nitrogens with one attached hydrogen (secondary N) is 1. The fraction of sp³-hybridized carbons (Fsp3) is 0.316. The lowest BCUT2D eigenvalue weighted by molar-refractivity contribution is -0.146. The Kier molecular flexibility index (Phi) is 12.8. The van der Waals surface area contributed by atoms with E-state index in [0.717, 1.165) is 23.2 Å². The highest BCUT2D eigenvalue weighted by molar-refractivity contribution is 9.10. The van der Waals surface area contributed by atoms with Gasteiger partial charge in [-0.15, -0.1) is 0 Å². The average Bonchev–Trinajstić information content (AvgIpc) is 3.11. The van der Waals surface area contributed by atoms with Crippen LogP contribution in [0.15, 0.2) is 89.4 Å². The van der Waals surface area contributed by atoms with Crippen molar-refractivity contribution in [2.75, 3.05) is 17.6 Å². The SMILES string of the molecule is CCN(Cc1cc(C(=O)OCc2ccc(COC(=O)C(Nc3c(Cl)cccc3Cl)c3ccccc3)cc2)cc(Br)c1N)C1CCCCC1. The van der Waals surface area contributed by atoms with Crippen LogP contribution in [0.5, 0.6) is 0 Å². The summed E-state index contributed by atoms with van der Waals surface area (Å²) in [6.07, 6.45) is 6.20. The molecular formula is C38H40BrCl2N3O4. The number of hydrogen-bond donors (Lipinski definition) is 2. The molecule has 1 unspecified atom stereocenters. The predicted octanol–water partition coefficient (Wildman–Crippen LogP) is 9.75. The molecule has 1 aliphatic carbocycles. The van der Waals surface area contributed by atoms with E-state index in [1.54, 1.807) is 24.3 Å². The summed E-state index contributed by atoms with van der Waals surface area (Å²) in [7, 11) is 0. The summed E-state index contributed by atoms with van der Waals surface area (Å²) in [5.74, 6) is -0.904. The van der Waals surface area contributed by atoms with E-state index in [4.69, 9.17) is 38.4 Å². The van der Waals surface area contributed by atoms with Crippen molar-refractivity contribution in [1.29, 1.82) is 0 Å². The maximum absolute atomic E-state index is 13.3. The first-order valence-electron chi connectivity index (χ1n) is 16.2. The normalized spacial score (nSPS) is 14.0. The van der Waals surface area contributed by atoms with Gasteiger partial charge >= 0.3 is 11.9 Å². The van der Waals surface area contributed by atoms with Gasteiger partial charge in [0.1, 0.15) is 13.2 Å². The zero-order valence-electron chi connectivity index (χ0n) is 26.9. The van der Waals surface area contributed by atoms with E-state index in [1.165, 1.54) is 32.1 Å². The first-order chi connectivity index (χ1) is 23.2. The summed E-state index contributed by atoms with van der Waals surface area (Å²) < 4.78 is 12.1. The first-order valence-corrected chi connectivity index (χ1v) is 17.8. The Balaban J connectivity index is 1.18. The highest BCUT2D eigenvalue weighted by Gasteiger charge is 2.25. The molecule has 0 aliphatic heterocycles. The predicted molar refractivity (Wildman–Crippen MR) is 196 cm³/mol. The van der Waals surface area contributed by atoms with Gasteiger partial charge in [0.15, 0.2) is 6.04 Å². The van der Waals surface area contributed by atoms with Crippen LogP contribution in [-0.4, -0.2) is 29.4 Å². The van der Waals surface area contributed by atoms with Crippen molar-refractivity contribution in [1.82, 2.24) is 4.90 Å². The number of esters is 2. The Morgan fingerprint density at radius 2 is 1.52 bits per heavy atom. The third-order valence-electron chi connectivity index (χ3n) is 8.72. The van der Waals surface area contributed by atoms with Crippen molar-refractivity contribution in [3.8, 4) is 0 Å². The van der Waals surface area contributed by atoms with E-state index in [2.05, 4.69) is 33.1 Å². The van der Waals surface area contributed by atoms with Gasteiger partial charge in [-0.3, -0.25) is 4.90 Å². The number of anilines is 2. The molecule has 0 heterocycles. The zero-order chi connectivity index (χ0) is 34.0. The molecule has 4 aromatic carbocycles. The molecule has 1 atom stereocenters. The van der Waals surface area contributed by atoms with E-state index in [9.17, 15) is 9.59 Å². The average molecular weight is 754 g/mol. The van der Waals surface area contributed by atoms with E-state index in [-0.39, 0.29) is 13.2 Å². The van der Waals surface area contributed by atoms with Gasteiger partial charge in [0.25, 0.3) is 0 Å². The molecule has 1 saturated carbocycles. The Bertz CT molecular complexity index is 1680. The topological polar surface area (TPSA) is 93.9 Å². The van der Waals surface area contributed by atoms with E-state index in [1.807, 2.05) is 60.7 Å². The molecule has 48 heavy (non-hydrogen) atoms. The third kappa shape index (κ3) is 9.32. The fourth-order valence-corrected chi connectivity index (χ4v) is 7.00. The largest absolute Gasteiger partial charge is 0.459 e. The number of carbonyl (C=O) groups is 2. The van der Waals surface area contributed by atoms with E-state index < -0.39 is 18.0 Å². The summed E-state index contributed by atoms with van der Waals surface area (Å²) in [4.78, 5) is 28.9. The van der Waals surface area contributed by atoms with Crippen molar-refractivity contribution in [3.05, 3.63) is 127 Å². The first kappa shape index (κ1) is 35.7. The molecule has 0 radical (unpaired) electrons. The second-order valence-electron chi connectivity index (χ2n) is 12.0. The molecular weight excluding hydrogens is 713 g/mol. The minimum absolute atomic E-state index is 0.0536. The third-order valence-corrected chi connectivity index (χ3v) is 10.0. The molecule has 252 valence electrons. The van der Waals surface area contributed by atoms with Gasteiger partial charge in [0, 0.05) is 17.1 Å². The lowest BCUT2D eigenvalue weighted by Crippen LogP contribution is -2.36. The Morgan fingerprint density at radius 3 is 2.15 bits per heavy atom. The molecule has 0 bridgehead atoms. The van der Waals surface area contributed by atoms with Crippen molar-refractivity contribution in [3.63, 3.8) is 0 Å². The summed E-state index contributed by atoms with van der Waals surface area (Å²) >= 11 is 16.3. The number of rotatable bonds is 13. The summed E-state index contributed by atoms with van der Waals surface area (Å²) in [6, 6.07) is 25.0. The highest BCUT2D eigenvalue weighted by Crippen LogP contribution is 2.34. The van der Waals surface area contributed by atoms with Gasteiger partial charge in [-0.1, -0.05) is 110 Å². The number of nitrogens with two attached hydrogens (primary N) is 1. The lowest BCUT2D eigenvalue weighted by atomic mass is 9.93. The van der Waals surface area contributed by atoms with Crippen molar-refractivity contribution in [2.45, 2.75) is 70.9 Å². The lowest BCUT2D eigenvalue weighted by Gasteiger charge is -2.34. The Labute approximate surface area is 300 Å². The van der Waals surface area contributed by atoms with Gasteiger partial charge in [0.05, 0.1) is 27.0 Å². The number of benzene rings is 4. The number of nitrogen functional groups attached to an aromatic ring is 1. The number of para-hydroxylation sites is 1. The van der Waals surface area contributed by atoms with Gasteiger partial charge in [-0.05, 0) is 81.8 Å². The second kappa shape index (κ2) is 17.2. The van der Waals surface area contributed by atoms with E-state index >= 15 is 0 Å². The van der Waals surface area contributed by atoms with Crippen LogP contribution in [0.4, 0.5) is 11.4 Å². The van der Waals surface area contributed by atoms with Crippen LogP contribution in [0.2, 0.25) is 10.0 Å². The quantitative estimate of drug-likeness (QED) is 0.104.